The van der Waals surface area contributed by atoms with Crippen molar-refractivity contribution in [2.24, 2.45) is 0 Å². The number of carbonyl (C=O) groups is 1. The quantitative estimate of drug-likeness (QED) is 0.783. The molecule has 1 saturated heterocycles. The lowest BCUT2D eigenvalue weighted by atomic mass is 10.1. The molecule has 110 valence electrons. The van der Waals surface area contributed by atoms with Crippen molar-refractivity contribution in [2.75, 3.05) is 25.0 Å². The highest BCUT2D eigenvalue weighted by Gasteiger charge is 2.25. The van der Waals surface area contributed by atoms with Crippen LogP contribution in [0.25, 0.3) is 10.9 Å². The largest absolute Gasteiger partial charge is 0.374 e. The topological polar surface area (TPSA) is 42.4 Å². The Morgan fingerprint density at radius 3 is 3.10 bits per heavy atom. The number of ether oxygens (including phenoxy) is 1. The Kier molecular flexibility index (Phi) is 4.22. The smallest absolute Gasteiger partial charge is 0.254 e. The number of hydrogen-bond donors (Lipinski definition) is 0. The molecule has 4 nitrogen and oxygen atoms in total. The van der Waals surface area contributed by atoms with Gasteiger partial charge in [-0.25, -0.2) is 0 Å². The van der Waals surface area contributed by atoms with Gasteiger partial charge in [-0.15, -0.1) is 0 Å². The Morgan fingerprint density at radius 1 is 1.48 bits per heavy atom. The number of alkyl halides is 1. The number of fused-ring (bicyclic) bond motifs is 1. The number of rotatable bonds is 2. The van der Waals surface area contributed by atoms with Crippen LogP contribution in [-0.4, -0.2) is 46.9 Å². The number of amides is 1. The van der Waals surface area contributed by atoms with Crippen LogP contribution >= 0.6 is 15.9 Å². The lowest BCUT2D eigenvalue weighted by Crippen LogP contribution is -2.46. The summed E-state index contributed by atoms with van der Waals surface area (Å²) >= 11 is 3.42. The van der Waals surface area contributed by atoms with Crippen molar-refractivity contribution >= 4 is 32.7 Å². The first-order valence-corrected chi connectivity index (χ1v) is 8.14. The average molecular weight is 349 g/mol. The number of nitrogens with zero attached hydrogens (tertiary/aromatic N) is 2. The lowest BCUT2D eigenvalue weighted by Gasteiger charge is -2.32. The number of aryl methyl sites for hydroxylation is 1. The third-order valence-electron chi connectivity index (χ3n) is 3.67. The second kappa shape index (κ2) is 6.12. The molecule has 5 heteroatoms. The predicted molar refractivity (Wildman–Crippen MR) is 85.9 cm³/mol. The highest BCUT2D eigenvalue weighted by Crippen LogP contribution is 2.21. The van der Waals surface area contributed by atoms with Crippen molar-refractivity contribution in [1.82, 2.24) is 9.88 Å². The van der Waals surface area contributed by atoms with E-state index in [0.29, 0.717) is 19.7 Å². The molecule has 1 atom stereocenters. The van der Waals surface area contributed by atoms with Crippen molar-refractivity contribution in [3.8, 4) is 0 Å². The van der Waals surface area contributed by atoms with Gasteiger partial charge in [0.25, 0.3) is 5.91 Å². The molecule has 1 aromatic carbocycles. The molecule has 0 saturated carbocycles. The molecule has 1 aliphatic rings. The Morgan fingerprint density at radius 2 is 2.29 bits per heavy atom. The summed E-state index contributed by atoms with van der Waals surface area (Å²) in [6, 6.07) is 9.66. The normalized spacial score (nSPS) is 19.0. The fraction of sp³-hybridized carbons (Fsp3) is 0.375. The predicted octanol–water partition coefficient (Wildman–Crippen LogP) is 2.78. The van der Waals surface area contributed by atoms with E-state index >= 15 is 0 Å². The number of hydrogen-bond acceptors (Lipinski definition) is 3. The van der Waals surface area contributed by atoms with Crippen LogP contribution in [0, 0.1) is 6.92 Å². The Balaban J connectivity index is 1.97. The molecule has 0 spiro atoms. The maximum atomic E-state index is 12.9. The second-order valence-electron chi connectivity index (χ2n) is 5.23. The summed E-state index contributed by atoms with van der Waals surface area (Å²) in [6.45, 7) is 3.77. The van der Waals surface area contributed by atoms with Crippen molar-refractivity contribution < 1.29 is 9.53 Å². The van der Waals surface area contributed by atoms with E-state index in [9.17, 15) is 4.79 Å². The summed E-state index contributed by atoms with van der Waals surface area (Å²) in [5.41, 5.74) is 2.46. The van der Waals surface area contributed by atoms with Crippen molar-refractivity contribution in [3.05, 3.63) is 41.6 Å². The van der Waals surface area contributed by atoms with Gasteiger partial charge < -0.3 is 9.64 Å². The van der Waals surface area contributed by atoms with Crippen molar-refractivity contribution in [2.45, 2.75) is 13.0 Å². The number of carbonyl (C=O) groups excluding carboxylic acids is 1. The standard InChI is InChI=1S/C16H17BrN2O2/c1-11-8-14(13-4-2-3-5-15(13)18-11)16(20)19-6-7-21-12(9-17)10-19/h2-5,8,12H,6-7,9-10H2,1H3. The first-order chi connectivity index (χ1) is 10.2. The highest BCUT2D eigenvalue weighted by atomic mass is 79.9. The number of pyridine rings is 1. The molecule has 1 fully saturated rings. The third kappa shape index (κ3) is 2.94. The Bertz CT molecular complexity index is 674. The molecular weight excluding hydrogens is 332 g/mol. The Labute approximate surface area is 132 Å². The van der Waals surface area contributed by atoms with E-state index < -0.39 is 0 Å². The average Bonchev–Trinajstić information content (AvgIpc) is 2.53. The van der Waals surface area contributed by atoms with Crippen molar-refractivity contribution in [3.63, 3.8) is 0 Å². The molecule has 0 aliphatic carbocycles. The van der Waals surface area contributed by atoms with Crippen LogP contribution in [0.1, 0.15) is 16.1 Å². The number of morpholine rings is 1. The minimum absolute atomic E-state index is 0.0611. The molecule has 1 aromatic heterocycles. The van der Waals surface area contributed by atoms with E-state index in [-0.39, 0.29) is 12.0 Å². The summed E-state index contributed by atoms with van der Waals surface area (Å²) in [5, 5.41) is 1.65. The summed E-state index contributed by atoms with van der Waals surface area (Å²) in [5.74, 6) is 0.0611. The molecule has 1 amide bonds. The van der Waals surface area contributed by atoms with Crippen LogP contribution in [0.2, 0.25) is 0 Å². The van der Waals surface area contributed by atoms with Gasteiger partial charge in [-0.2, -0.15) is 0 Å². The molecular formula is C16H17BrN2O2. The fourth-order valence-corrected chi connectivity index (χ4v) is 3.04. The molecule has 2 aromatic rings. The second-order valence-corrected chi connectivity index (χ2v) is 5.87. The van der Waals surface area contributed by atoms with Crippen LogP contribution in [0.3, 0.4) is 0 Å². The summed E-state index contributed by atoms with van der Waals surface area (Å²) in [4.78, 5) is 19.2. The van der Waals surface area contributed by atoms with Gasteiger partial charge in [0, 0.05) is 29.5 Å². The van der Waals surface area contributed by atoms with E-state index in [1.807, 2.05) is 42.2 Å². The van der Waals surface area contributed by atoms with Gasteiger partial charge in [-0.05, 0) is 19.1 Å². The fourth-order valence-electron chi connectivity index (χ4n) is 2.65. The summed E-state index contributed by atoms with van der Waals surface area (Å²) in [7, 11) is 0. The van der Waals surface area contributed by atoms with Crippen LogP contribution in [0.4, 0.5) is 0 Å². The first-order valence-electron chi connectivity index (χ1n) is 7.02. The summed E-state index contributed by atoms with van der Waals surface area (Å²) < 4.78 is 5.60. The minimum Gasteiger partial charge on any atom is -0.374 e. The minimum atomic E-state index is 0.0611. The number of aromatic nitrogens is 1. The van der Waals surface area contributed by atoms with Gasteiger partial charge >= 0.3 is 0 Å². The van der Waals surface area contributed by atoms with Crippen LogP contribution in [0.5, 0.6) is 0 Å². The van der Waals surface area contributed by atoms with Crippen LogP contribution in [-0.2, 0) is 4.74 Å². The summed E-state index contributed by atoms with van der Waals surface area (Å²) in [6.07, 6.45) is 0.0666. The van der Waals surface area contributed by atoms with Crippen molar-refractivity contribution in [1.29, 1.82) is 0 Å². The van der Waals surface area contributed by atoms with E-state index in [1.54, 1.807) is 0 Å². The highest BCUT2D eigenvalue weighted by molar-refractivity contribution is 9.09. The van der Waals surface area contributed by atoms with Crippen LogP contribution < -0.4 is 0 Å². The molecule has 1 unspecified atom stereocenters. The first kappa shape index (κ1) is 14.5. The number of halogens is 1. The monoisotopic (exact) mass is 348 g/mol. The maximum absolute atomic E-state index is 12.9. The molecule has 0 radical (unpaired) electrons. The number of para-hydroxylation sites is 1. The Hall–Kier alpha value is -1.46. The molecule has 0 bridgehead atoms. The van der Waals surface area contributed by atoms with E-state index in [1.165, 1.54) is 0 Å². The SMILES string of the molecule is Cc1cc(C(=O)N2CCOC(CBr)C2)c2ccccc2n1. The molecule has 21 heavy (non-hydrogen) atoms. The zero-order valence-electron chi connectivity index (χ0n) is 11.9. The molecule has 2 heterocycles. The maximum Gasteiger partial charge on any atom is 0.254 e. The molecule has 1 aliphatic heterocycles. The van der Waals surface area contributed by atoms with Gasteiger partial charge in [0.15, 0.2) is 0 Å². The van der Waals surface area contributed by atoms with Gasteiger partial charge in [0.1, 0.15) is 0 Å². The van der Waals surface area contributed by atoms with E-state index in [0.717, 1.165) is 27.5 Å². The van der Waals surface area contributed by atoms with Gasteiger partial charge in [0.05, 0.1) is 23.8 Å². The molecule has 3 rings (SSSR count). The van der Waals surface area contributed by atoms with E-state index in [4.69, 9.17) is 4.74 Å². The van der Waals surface area contributed by atoms with Gasteiger partial charge in [-0.1, -0.05) is 34.1 Å². The third-order valence-corrected chi connectivity index (χ3v) is 4.39. The molecule has 0 N–H and O–H groups in total. The van der Waals surface area contributed by atoms with Crippen LogP contribution in [0.15, 0.2) is 30.3 Å². The van der Waals surface area contributed by atoms with E-state index in [2.05, 4.69) is 20.9 Å². The lowest BCUT2D eigenvalue weighted by molar-refractivity contribution is -0.00957. The zero-order valence-corrected chi connectivity index (χ0v) is 13.5. The zero-order chi connectivity index (χ0) is 14.8. The number of benzene rings is 1. The van der Waals surface area contributed by atoms with Gasteiger partial charge in [0.2, 0.25) is 0 Å². The van der Waals surface area contributed by atoms with Gasteiger partial charge in [-0.3, -0.25) is 9.78 Å².